The number of aliphatic hydroxyl groups excluding tert-OH is 1. The van der Waals surface area contributed by atoms with Crippen molar-refractivity contribution in [1.29, 1.82) is 0 Å². The van der Waals surface area contributed by atoms with Gasteiger partial charge in [0, 0.05) is 12.1 Å². The Morgan fingerprint density at radius 2 is 2.23 bits per heavy atom. The van der Waals surface area contributed by atoms with Crippen molar-refractivity contribution in [3.05, 3.63) is 0 Å². The smallest absolute Gasteiger partial charge is 0.0619 e. The molecule has 3 rings (SSSR count). The van der Waals surface area contributed by atoms with Crippen LogP contribution in [-0.4, -0.2) is 23.8 Å². The number of hydrogen-bond acceptors (Lipinski definition) is 2. The molecule has 2 N–H and O–H groups in total. The Labute approximate surface area is 79.7 Å². The van der Waals surface area contributed by atoms with Gasteiger partial charge in [0.1, 0.15) is 0 Å². The van der Waals surface area contributed by atoms with Gasteiger partial charge >= 0.3 is 0 Å². The Morgan fingerprint density at radius 1 is 1.46 bits per heavy atom. The summed E-state index contributed by atoms with van der Waals surface area (Å²) in [5.41, 5.74) is 0.903. The van der Waals surface area contributed by atoms with Crippen molar-refractivity contribution < 1.29 is 5.11 Å². The quantitative estimate of drug-likeness (QED) is 0.636. The van der Waals surface area contributed by atoms with E-state index in [0.717, 1.165) is 12.5 Å². The molecule has 2 nitrogen and oxygen atoms in total. The van der Waals surface area contributed by atoms with Gasteiger partial charge in [0.2, 0.25) is 0 Å². The van der Waals surface area contributed by atoms with Gasteiger partial charge in [-0.25, -0.2) is 0 Å². The minimum absolute atomic E-state index is 0.0741. The second-order valence-corrected chi connectivity index (χ2v) is 5.78. The van der Waals surface area contributed by atoms with E-state index in [9.17, 15) is 5.11 Å². The second kappa shape index (κ2) is 1.96. The number of nitrogens with one attached hydrogen (secondary N) is 1. The van der Waals surface area contributed by atoms with Crippen LogP contribution in [-0.2, 0) is 0 Å². The summed E-state index contributed by atoms with van der Waals surface area (Å²) >= 11 is 0. The molecule has 0 aromatic heterocycles. The van der Waals surface area contributed by atoms with Crippen LogP contribution in [0.4, 0.5) is 0 Å². The van der Waals surface area contributed by atoms with Crippen molar-refractivity contribution >= 4 is 0 Å². The maximum atomic E-state index is 9.58. The molecule has 3 fully saturated rings. The van der Waals surface area contributed by atoms with Crippen molar-refractivity contribution in [2.75, 3.05) is 13.2 Å². The molecule has 3 aliphatic rings. The SMILES string of the molecule is C[C@@]12CC[C@@H]3C[C@@]1(CO)NC[C@@]32C. The molecule has 4 atom stereocenters. The van der Waals surface area contributed by atoms with Crippen LogP contribution >= 0.6 is 0 Å². The minimum atomic E-state index is 0.0741. The average Bonchev–Trinajstić information content (AvgIpc) is 2.58. The van der Waals surface area contributed by atoms with Crippen LogP contribution in [0.3, 0.4) is 0 Å². The highest BCUT2D eigenvalue weighted by atomic mass is 16.3. The number of hydrogen-bond donors (Lipinski definition) is 2. The molecule has 2 saturated carbocycles. The topological polar surface area (TPSA) is 32.3 Å². The molecule has 0 aromatic rings. The molecule has 2 aliphatic carbocycles. The molecule has 1 aliphatic heterocycles. The van der Waals surface area contributed by atoms with E-state index in [0.29, 0.717) is 17.4 Å². The van der Waals surface area contributed by atoms with E-state index in [1.807, 2.05) is 0 Å². The molecule has 0 aromatic carbocycles. The molecule has 1 saturated heterocycles. The predicted octanol–water partition coefficient (Wildman–Crippen LogP) is 1.15. The van der Waals surface area contributed by atoms with Gasteiger partial charge in [0.15, 0.2) is 0 Å². The van der Waals surface area contributed by atoms with E-state index in [-0.39, 0.29) is 5.54 Å². The van der Waals surface area contributed by atoms with Crippen LogP contribution in [0.15, 0.2) is 0 Å². The molecule has 13 heavy (non-hydrogen) atoms. The highest BCUT2D eigenvalue weighted by Gasteiger charge is 2.74. The number of piperidine rings is 1. The largest absolute Gasteiger partial charge is 0.394 e. The summed E-state index contributed by atoms with van der Waals surface area (Å²) in [4.78, 5) is 0. The number of aliphatic hydroxyl groups is 1. The van der Waals surface area contributed by atoms with Crippen LogP contribution in [0.5, 0.6) is 0 Å². The summed E-state index contributed by atoms with van der Waals surface area (Å²) in [7, 11) is 0. The molecule has 4 bridgehead atoms. The summed E-state index contributed by atoms with van der Waals surface area (Å²) in [6, 6.07) is 0. The Hall–Kier alpha value is -0.0800. The Balaban J connectivity index is 2.14. The van der Waals surface area contributed by atoms with Crippen LogP contribution in [0.1, 0.15) is 33.1 Å². The zero-order valence-corrected chi connectivity index (χ0v) is 8.56. The zero-order chi connectivity index (χ0) is 9.32. The van der Waals surface area contributed by atoms with Gasteiger partial charge in [-0.3, -0.25) is 0 Å². The second-order valence-electron chi connectivity index (χ2n) is 5.78. The monoisotopic (exact) mass is 181 g/mol. The average molecular weight is 181 g/mol. The van der Waals surface area contributed by atoms with Crippen LogP contribution in [0.25, 0.3) is 0 Å². The lowest BCUT2D eigenvalue weighted by Crippen LogP contribution is -2.53. The Bertz CT molecular complexity index is 267. The van der Waals surface area contributed by atoms with Gasteiger partial charge < -0.3 is 10.4 Å². The van der Waals surface area contributed by atoms with E-state index in [1.165, 1.54) is 19.3 Å². The van der Waals surface area contributed by atoms with Gasteiger partial charge in [0.25, 0.3) is 0 Å². The zero-order valence-electron chi connectivity index (χ0n) is 8.56. The lowest BCUT2D eigenvalue weighted by molar-refractivity contribution is 0.0650. The lowest BCUT2D eigenvalue weighted by atomic mass is 9.66. The van der Waals surface area contributed by atoms with E-state index < -0.39 is 0 Å². The molecule has 0 amide bonds. The van der Waals surface area contributed by atoms with E-state index in [4.69, 9.17) is 0 Å². The van der Waals surface area contributed by atoms with E-state index in [1.54, 1.807) is 0 Å². The molecule has 2 heteroatoms. The van der Waals surface area contributed by atoms with Crippen LogP contribution < -0.4 is 5.32 Å². The fourth-order valence-corrected chi connectivity index (χ4v) is 4.53. The van der Waals surface area contributed by atoms with Crippen molar-refractivity contribution in [3.63, 3.8) is 0 Å². The van der Waals surface area contributed by atoms with Crippen molar-refractivity contribution in [2.45, 2.75) is 38.6 Å². The maximum absolute atomic E-state index is 9.58. The van der Waals surface area contributed by atoms with Gasteiger partial charge in [-0.15, -0.1) is 0 Å². The van der Waals surface area contributed by atoms with E-state index in [2.05, 4.69) is 19.2 Å². The van der Waals surface area contributed by atoms with Crippen molar-refractivity contribution in [3.8, 4) is 0 Å². The molecular formula is C11H19NO. The summed E-state index contributed by atoms with van der Waals surface area (Å²) in [6.45, 7) is 6.25. The van der Waals surface area contributed by atoms with Gasteiger partial charge in [0.05, 0.1) is 6.61 Å². The molecule has 1 heterocycles. The molecule has 74 valence electrons. The third-order valence-corrected chi connectivity index (χ3v) is 5.87. The first kappa shape index (κ1) is 8.25. The standard InChI is InChI=1S/C11H19NO/c1-9-6-12-11(7-13)5-8(9)3-4-10(9,11)2/h8,12-13H,3-7H2,1-2H3/t8-,9+,10+,11+/m1/s1. The normalized spacial score (nSPS) is 63.5. The molecule has 0 unspecified atom stereocenters. The third kappa shape index (κ3) is 0.581. The van der Waals surface area contributed by atoms with Gasteiger partial charge in [-0.05, 0) is 36.0 Å². The van der Waals surface area contributed by atoms with Crippen molar-refractivity contribution in [1.82, 2.24) is 5.32 Å². The highest BCUT2D eigenvalue weighted by Crippen LogP contribution is 2.72. The van der Waals surface area contributed by atoms with E-state index >= 15 is 0 Å². The lowest BCUT2D eigenvalue weighted by Gasteiger charge is -2.41. The van der Waals surface area contributed by atoms with Crippen molar-refractivity contribution in [2.24, 2.45) is 16.7 Å². The van der Waals surface area contributed by atoms with Crippen LogP contribution in [0, 0.1) is 16.7 Å². The molecular weight excluding hydrogens is 162 g/mol. The predicted molar refractivity (Wildman–Crippen MR) is 51.4 cm³/mol. The first-order valence-corrected chi connectivity index (χ1v) is 5.44. The summed E-state index contributed by atoms with van der Waals surface area (Å²) in [6.07, 6.45) is 3.90. The minimum Gasteiger partial charge on any atom is -0.394 e. The fraction of sp³-hybridized carbons (Fsp3) is 1.00. The molecule has 0 spiro atoms. The molecule has 0 radical (unpaired) electrons. The van der Waals surface area contributed by atoms with Gasteiger partial charge in [-0.2, -0.15) is 0 Å². The first-order valence-electron chi connectivity index (χ1n) is 5.44. The fourth-order valence-electron chi connectivity index (χ4n) is 4.53. The highest BCUT2D eigenvalue weighted by molar-refractivity contribution is 5.27. The summed E-state index contributed by atoms with van der Waals surface area (Å²) < 4.78 is 0. The summed E-state index contributed by atoms with van der Waals surface area (Å²) in [5.74, 6) is 0.867. The summed E-state index contributed by atoms with van der Waals surface area (Å²) in [5, 5.41) is 13.2. The third-order valence-electron chi connectivity index (χ3n) is 5.87. The number of rotatable bonds is 1. The Morgan fingerprint density at radius 3 is 2.69 bits per heavy atom. The Kier molecular flexibility index (Phi) is 1.24. The first-order chi connectivity index (χ1) is 6.08. The maximum Gasteiger partial charge on any atom is 0.0619 e. The van der Waals surface area contributed by atoms with Gasteiger partial charge in [-0.1, -0.05) is 13.8 Å². The van der Waals surface area contributed by atoms with Crippen LogP contribution in [0.2, 0.25) is 0 Å².